The molecule has 6 heterocycles. The lowest BCUT2D eigenvalue weighted by Gasteiger charge is -2.35. The summed E-state index contributed by atoms with van der Waals surface area (Å²) >= 11 is 0. The van der Waals surface area contributed by atoms with Gasteiger partial charge in [-0.25, -0.2) is 13.8 Å². The highest BCUT2D eigenvalue weighted by Crippen LogP contribution is 2.37. The summed E-state index contributed by atoms with van der Waals surface area (Å²) in [4.78, 5) is 62.4. The molecule has 0 spiro atoms. The van der Waals surface area contributed by atoms with Gasteiger partial charge in [-0.3, -0.25) is 33.8 Å². The van der Waals surface area contributed by atoms with E-state index in [1.54, 1.807) is 4.90 Å². The molecule has 1 unspecified atom stereocenters. The lowest BCUT2D eigenvalue weighted by atomic mass is 9.95. The number of ether oxygens (including phenoxy) is 1. The molecule has 5 aliphatic rings. The normalized spacial score (nSPS) is 21.7. The van der Waals surface area contributed by atoms with Gasteiger partial charge in [0.15, 0.2) is 11.6 Å². The summed E-state index contributed by atoms with van der Waals surface area (Å²) in [5.74, 6) is -1.56. The summed E-state index contributed by atoms with van der Waals surface area (Å²) in [6, 6.07) is 21.4. The minimum Gasteiger partial charge on any atom is -0.453 e. The van der Waals surface area contributed by atoms with E-state index in [2.05, 4.69) is 37.0 Å². The lowest BCUT2D eigenvalue weighted by molar-refractivity contribution is -0.136. The van der Waals surface area contributed by atoms with Gasteiger partial charge >= 0.3 is 10.2 Å². The van der Waals surface area contributed by atoms with Crippen molar-refractivity contribution in [3.05, 3.63) is 118 Å². The highest BCUT2D eigenvalue weighted by molar-refractivity contribution is 7.90. The van der Waals surface area contributed by atoms with Gasteiger partial charge < -0.3 is 19.4 Å². The highest BCUT2D eigenvalue weighted by atomic mass is 32.2. The molecular weight excluding hydrogens is 885 g/mol. The van der Waals surface area contributed by atoms with Crippen LogP contribution in [0, 0.1) is 23.1 Å². The van der Waals surface area contributed by atoms with Gasteiger partial charge in [-0.15, -0.1) is 0 Å². The Bertz CT molecular complexity index is 3040. The molecular formula is C48H47F2N9O7S. The molecule has 10 rings (SSSR count). The molecule has 5 aliphatic heterocycles. The van der Waals surface area contributed by atoms with E-state index in [-0.39, 0.29) is 60.5 Å². The smallest absolute Gasteiger partial charge is 0.301 e. The molecule has 2 N–H and O–H groups in total. The van der Waals surface area contributed by atoms with E-state index in [1.807, 2.05) is 36.4 Å². The summed E-state index contributed by atoms with van der Waals surface area (Å²) < 4.78 is 65.4. The molecule has 4 saturated heterocycles. The van der Waals surface area contributed by atoms with E-state index < -0.39 is 51.0 Å². The number of anilines is 2. The largest absolute Gasteiger partial charge is 0.453 e. The van der Waals surface area contributed by atoms with Crippen LogP contribution in [-0.2, 0) is 26.3 Å². The third-order valence-electron chi connectivity index (χ3n) is 13.7. The van der Waals surface area contributed by atoms with Gasteiger partial charge in [-0.1, -0.05) is 12.1 Å². The second-order valence-electron chi connectivity index (χ2n) is 18.0. The van der Waals surface area contributed by atoms with Crippen LogP contribution in [0.4, 0.5) is 20.2 Å². The third kappa shape index (κ3) is 8.72. The number of benzene rings is 4. The molecule has 3 atom stereocenters. The van der Waals surface area contributed by atoms with Crippen molar-refractivity contribution < 1.29 is 36.3 Å². The number of piperidine rings is 2. The Balaban J connectivity index is 0.772. The van der Waals surface area contributed by atoms with E-state index in [4.69, 9.17) is 4.74 Å². The van der Waals surface area contributed by atoms with Crippen molar-refractivity contribution in [2.45, 2.75) is 63.2 Å². The fourth-order valence-electron chi connectivity index (χ4n) is 10.1. The number of aromatic nitrogens is 2. The lowest BCUT2D eigenvalue weighted by Crippen LogP contribution is -2.52. The summed E-state index contributed by atoms with van der Waals surface area (Å²) in [6.45, 7) is 4.60. The predicted molar refractivity (Wildman–Crippen MR) is 243 cm³/mol. The van der Waals surface area contributed by atoms with Crippen LogP contribution in [0.25, 0.3) is 16.6 Å². The van der Waals surface area contributed by atoms with Gasteiger partial charge in [0.05, 0.1) is 22.3 Å². The maximum Gasteiger partial charge on any atom is 0.301 e. The zero-order chi connectivity index (χ0) is 46.6. The van der Waals surface area contributed by atoms with Crippen molar-refractivity contribution in [3.63, 3.8) is 0 Å². The number of carbonyl (C=O) groups is 3. The molecule has 5 aromatic rings. The highest BCUT2D eigenvalue weighted by Gasteiger charge is 2.40. The molecule has 0 bridgehead atoms. The summed E-state index contributed by atoms with van der Waals surface area (Å²) in [5.41, 5.74) is 3.62. The van der Waals surface area contributed by atoms with Gasteiger partial charge in [0.25, 0.3) is 11.5 Å². The molecule has 0 radical (unpaired) electrons. The van der Waals surface area contributed by atoms with E-state index in [9.17, 15) is 37.2 Å². The SMILES string of the molecule is N#Cc1c(NS(=O)(=O)N2CC[C@@H](F)C2)ccc(F)c1Oc1ccc2ncn(-c3cccc(C4CCN(CC5CCN(c6ccc7c(c6)CN([C@H]6CCC(=O)NC6=O)C7=O)CC5)C4)c3)c(=O)c2c1. The molecule has 0 aliphatic carbocycles. The monoisotopic (exact) mass is 931 g/mol. The topological polar surface area (TPSA) is 190 Å². The van der Waals surface area contributed by atoms with Crippen LogP contribution in [0.2, 0.25) is 0 Å². The van der Waals surface area contributed by atoms with Crippen LogP contribution in [0.3, 0.4) is 0 Å². The van der Waals surface area contributed by atoms with Crippen LogP contribution in [0.1, 0.15) is 71.5 Å². The average molecular weight is 932 g/mol. The van der Waals surface area contributed by atoms with E-state index in [1.165, 1.54) is 29.1 Å². The van der Waals surface area contributed by atoms with E-state index in [0.29, 0.717) is 35.7 Å². The van der Waals surface area contributed by atoms with Gasteiger partial charge in [0.1, 0.15) is 35.9 Å². The summed E-state index contributed by atoms with van der Waals surface area (Å²) in [7, 11) is -4.24. The molecule has 3 amide bonds. The number of fused-ring (bicyclic) bond motifs is 2. The number of imide groups is 1. The van der Waals surface area contributed by atoms with Crippen molar-refractivity contribution in [3.8, 4) is 23.3 Å². The standard InChI is InChI=1S/C48H47F2N9O7S/c49-33-15-19-57(27-33)67(64,65)54-42-9-7-40(50)45(39(42)23-51)66-36-5-8-41-38(22-36)48(63)59(28-52-41)35-3-1-2-30(20-35)31-14-16-55(25-31)24-29-12-17-56(18-13-29)34-4-6-37-32(21-34)26-58(47(37)62)43-10-11-44(60)53-46(43)61/h1-9,20-22,28-29,31,33,43,54H,10-19,24-27H2,(H,53,60,61)/t31?,33-,43+/m1/s1. The first kappa shape index (κ1) is 44.1. The molecule has 16 nitrogen and oxygen atoms in total. The molecule has 4 fully saturated rings. The molecule has 67 heavy (non-hydrogen) atoms. The molecule has 4 aromatic carbocycles. The Hall–Kier alpha value is -6.75. The third-order valence-corrected chi connectivity index (χ3v) is 15.2. The molecule has 346 valence electrons. The number of hydrogen-bond acceptors (Lipinski definition) is 11. The van der Waals surface area contributed by atoms with Gasteiger partial charge in [-0.2, -0.15) is 18.0 Å². The van der Waals surface area contributed by atoms with Gasteiger partial charge in [0, 0.05) is 63.5 Å². The molecule has 0 saturated carbocycles. The van der Waals surface area contributed by atoms with Crippen molar-refractivity contribution in [2.24, 2.45) is 5.92 Å². The van der Waals surface area contributed by atoms with Crippen LogP contribution in [0.15, 0.2) is 83.9 Å². The van der Waals surface area contributed by atoms with Crippen molar-refractivity contribution in [1.29, 1.82) is 5.26 Å². The Labute approximate surface area is 384 Å². The zero-order valence-electron chi connectivity index (χ0n) is 36.4. The van der Waals surface area contributed by atoms with E-state index >= 15 is 4.39 Å². The Morgan fingerprint density at radius 2 is 1.73 bits per heavy atom. The van der Waals surface area contributed by atoms with Gasteiger partial charge in [-0.05, 0) is 122 Å². The minimum absolute atomic E-state index is 0.0193. The van der Waals surface area contributed by atoms with E-state index in [0.717, 1.165) is 85.2 Å². The number of likely N-dealkylation sites (tertiary alicyclic amines) is 1. The van der Waals surface area contributed by atoms with Crippen molar-refractivity contribution in [2.75, 3.05) is 55.4 Å². The maximum atomic E-state index is 15.2. The zero-order valence-corrected chi connectivity index (χ0v) is 37.2. The first-order valence-corrected chi connectivity index (χ1v) is 23.9. The number of carbonyl (C=O) groups excluding carboxylic acids is 3. The second kappa shape index (κ2) is 17.8. The van der Waals surface area contributed by atoms with Crippen LogP contribution < -0.4 is 25.2 Å². The quantitative estimate of drug-likeness (QED) is 0.162. The first-order chi connectivity index (χ1) is 32.3. The fraction of sp³-hybridized carbons (Fsp3) is 0.375. The summed E-state index contributed by atoms with van der Waals surface area (Å²) in [5, 5.41) is 12.5. The van der Waals surface area contributed by atoms with Crippen LogP contribution in [0.5, 0.6) is 11.5 Å². The number of nitriles is 1. The minimum atomic E-state index is -4.24. The molecule has 19 heteroatoms. The Morgan fingerprint density at radius 1 is 0.896 bits per heavy atom. The van der Waals surface area contributed by atoms with Crippen LogP contribution >= 0.6 is 0 Å². The Morgan fingerprint density at radius 3 is 2.51 bits per heavy atom. The number of rotatable bonds is 11. The van der Waals surface area contributed by atoms with Crippen molar-refractivity contribution in [1.82, 2.24) is 29.0 Å². The van der Waals surface area contributed by atoms with Crippen LogP contribution in [-0.4, -0.2) is 108 Å². The number of amides is 3. The number of halogens is 2. The molecule has 1 aromatic heterocycles. The second-order valence-corrected chi connectivity index (χ2v) is 19.6. The van der Waals surface area contributed by atoms with Gasteiger partial charge in [0.2, 0.25) is 11.8 Å². The predicted octanol–water partition coefficient (Wildman–Crippen LogP) is 5.36. The first-order valence-electron chi connectivity index (χ1n) is 22.5. The summed E-state index contributed by atoms with van der Waals surface area (Å²) in [6.07, 6.45) is 3.78. The number of nitrogens with zero attached hydrogens (tertiary/aromatic N) is 7. The number of alkyl halides is 1. The average Bonchev–Trinajstić information content (AvgIpc) is 4.07. The maximum absolute atomic E-state index is 15.2. The number of hydrogen-bond donors (Lipinski definition) is 2. The van der Waals surface area contributed by atoms with Crippen molar-refractivity contribution >= 4 is 50.2 Å². The Kier molecular flexibility index (Phi) is 11.7. The fourth-order valence-corrected chi connectivity index (χ4v) is 11.4. The number of nitrogens with one attached hydrogen (secondary N) is 2.